The second-order valence-electron chi connectivity index (χ2n) is 6.29. The van der Waals surface area contributed by atoms with Crippen LogP contribution in [0.4, 0.5) is 5.13 Å². The zero-order valence-electron chi connectivity index (χ0n) is 12.5. The van der Waals surface area contributed by atoms with Gasteiger partial charge in [-0.15, -0.1) is 0 Å². The van der Waals surface area contributed by atoms with Crippen molar-refractivity contribution in [3.63, 3.8) is 0 Å². The SMILES string of the molecule is Cc1ccc(B2OC(C)(C)C(C)(C)O2)c2sc(N)nc12. The maximum Gasteiger partial charge on any atom is 0.496 e. The predicted molar refractivity (Wildman–Crippen MR) is 84.5 cm³/mol. The molecule has 1 aromatic heterocycles. The number of hydrogen-bond donors (Lipinski definition) is 1. The van der Waals surface area contributed by atoms with Crippen molar-refractivity contribution in [1.29, 1.82) is 0 Å². The molecule has 2 N–H and O–H groups in total. The molecule has 6 heteroatoms. The van der Waals surface area contributed by atoms with Crippen LogP contribution in [-0.4, -0.2) is 23.3 Å². The van der Waals surface area contributed by atoms with E-state index in [1.807, 2.05) is 13.0 Å². The van der Waals surface area contributed by atoms with Gasteiger partial charge in [0, 0.05) is 5.46 Å². The molecular formula is C14H19BN2O2S. The fourth-order valence-electron chi connectivity index (χ4n) is 2.32. The molecule has 2 heterocycles. The molecule has 0 bridgehead atoms. The fraction of sp³-hybridized carbons (Fsp3) is 0.500. The minimum Gasteiger partial charge on any atom is -0.399 e. The monoisotopic (exact) mass is 290 g/mol. The zero-order chi connectivity index (χ0) is 14.7. The van der Waals surface area contributed by atoms with E-state index in [0.29, 0.717) is 5.13 Å². The molecule has 1 aromatic carbocycles. The number of hydrogen-bond acceptors (Lipinski definition) is 5. The van der Waals surface area contributed by atoms with Gasteiger partial charge in [-0.3, -0.25) is 0 Å². The Balaban J connectivity index is 2.11. The van der Waals surface area contributed by atoms with E-state index in [0.717, 1.165) is 21.2 Å². The van der Waals surface area contributed by atoms with E-state index < -0.39 is 0 Å². The van der Waals surface area contributed by atoms with Crippen LogP contribution in [0.3, 0.4) is 0 Å². The Hall–Kier alpha value is -1.11. The number of nitrogens with two attached hydrogens (primary N) is 1. The van der Waals surface area contributed by atoms with Crippen molar-refractivity contribution >= 4 is 39.3 Å². The lowest BCUT2D eigenvalue weighted by molar-refractivity contribution is 0.00578. The lowest BCUT2D eigenvalue weighted by atomic mass is 9.78. The Morgan fingerprint density at radius 2 is 1.75 bits per heavy atom. The molecule has 0 spiro atoms. The third kappa shape index (κ3) is 1.94. The van der Waals surface area contributed by atoms with Gasteiger partial charge in [0.15, 0.2) is 5.13 Å². The molecule has 106 valence electrons. The van der Waals surface area contributed by atoms with Gasteiger partial charge in [0.05, 0.1) is 21.4 Å². The van der Waals surface area contributed by atoms with Gasteiger partial charge in [-0.1, -0.05) is 23.5 Å². The molecule has 1 aliphatic rings. The van der Waals surface area contributed by atoms with Crippen molar-refractivity contribution < 1.29 is 9.31 Å². The number of thiazole rings is 1. The van der Waals surface area contributed by atoms with Crippen molar-refractivity contribution in [2.24, 2.45) is 0 Å². The average molecular weight is 290 g/mol. The quantitative estimate of drug-likeness (QED) is 0.820. The van der Waals surface area contributed by atoms with Crippen molar-refractivity contribution in [3.8, 4) is 0 Å². The third-order valence-corrected chi connectivity index (χ3v) is 5.23. The molecule has 0 aliphatic carbocycles. The number of aryl methyl sites for hydroxylation is 1. The topological polar surface area (TPSA) is 57.4 Å². The molecule has 1 fully saturated rings. The fourth-order valence-corrected chi connectivity index (χ4v) is 3.26. The number of benzene rings is 1. The van der Waals surface area contributed by atoms with E-state index >= 15 is 0 Å². The first-order valence-electron chi connectivity index (χ1n) is 6.72. The Morgan fingerprint density at radius 1 is 1.15 bits per heavy atom. The van der Waals surface area contributed by atoms with Crippen LogP contribution < -0.4 is 11.2 Å². The molecule has 0 unspecified atom stereocenters. The standard InChI is InChI=1S/C14H19BN2O2S/c1-8-6-7-9(11-10(8)17-12(16)20-11)15-18-13(2,3)14(4,5)19-15/h6-7H,1-5H3,(H2,16,17). The normalized spacial score (nSPS) is 20.8. The van der Waals surface area contributed by atoms with E-state index in [2.05, 4.69) is 38.7 Å². The predicted octanol–water partition coefficient (Wildman–Crippen LogP) is 2.49. The summed E-state index contributed by atoms with van der Waals surface area (Å²) >= 11 is 1.49. The Bertz CT molecular complexity index is 665. The van der Waals surface area contributed by atoms with Gasteiger partial charge in [-0.05, 0) is 40.2 Å². The lowest BCUT2D eigenvalue weighted by Crippen LogP contribution is -2.41. The molecule has 4 nitrogen and oxygen atoms in total. The number of anilines is 1. The molecular weight excluding hydrogens is 271 g/mol. The van der Waals surface area contributed by atoms with E-state index in [1.165, 1.54) is 11.3 Å². The van der Waals surface area contributed by atoms with E-state index in [4.69, 9.17) is 15.0 Å². The third-order valence-electron chi connectivity index (χ3n) is 4.30. The second kappa shape index (κ2) is 4.19. The minimum atomic E-state index is -0.372. The van der Waals surface area contributed by atoms with Gasteiger partial charge in [0.1, 0.15) is 0 Å². The molecule has 0 atom stereocenters. The lowest BCUT2D eigenvalue weighted by Gasteiger charge is -2.32. The van der Waals surface area contributed by atoms with Gasteiger partial charge in [-0.25, -0.2) is 4.98 Å². The summed E-state index contributed by atoms with van der Waals surface area (Å²) in [6, 6.07) is 4.10. The van der Waals surface area contributed by atoms with Crippen molar-refractivity contribution in [1.82, 2.24) is 4.98 Å². The molecule has 20 heavy (non-hydrogen) atoms. The highest BCUT2D eigenvalue weighted by Crippen LogP contribution is 2.37. The first kappa shape index (κ1) is 13.9. The summed E-state index contributed by atoms with van der Waals surface area (Å²) in [5, 5.41) is 0.576. The summed E-state index contributed by atoms with van der Waals surface area (Å²) in [4.78, 5) is 4.40. The Morgan fingerprint density at radius 3 is 2.35 bits per heavy atom. The number of nitrogen functional groups attached to an aromatic ring is 1. The Kier molecular flexibility index (Phi) is 2.91. The van der Waals surface area contributed by atoms with Crippen LogP contribution >= 0.6 is 11.3 Å². The van der Waals surface area contributed by atoms with E-state index in [1.54, 1.807) is 0 Å². The molecule has 0 radical (unpaired) electrons. The van der Waals surface area contributed by atoms with Gasteiger partial charge in [0.2, 0.25) is 0 Å². The van der Waals surface area contributed by atoms with Crippen molar-refractivity contribution in [3.05, 3.63) is 17.7 Å². The molecule has 3 rings (SSSR count). The summed E-state index contributed by atoms with van der Waals surface area (Å²) in [5.74, 6) is 0. The number of rotatable bonds is 1. The highest BCUT2D eigenvalue weighted by atomic mass is 32.1. The average Bonchev–Trinajstić information content (AvgIpc) is 2.78. The molecule has 2 aromatic rings. The van der Waals surface area contributed by atoms with Crippen LogP contribution in [0.25, 0.3) is 10.2 Å². The van der Waals surface area contributed by atoms with Gasteiger partial charge >= 0.3 is 7.12 Å². The van der Waals surface area contributed by atoms with Crippen molar-refractivity contribution in [2.75, 3.05) is 5.73 Å². The van der Waals surface area contributed by atoms with E-state index in [9.17, 15) is 0 Å². The number of nitrogens with zero attached hydrogens (tertiary/aromatic N) is 1. The first-order valence-corrected chi connectivity index (χ1v) is 7.54. The molecule has 1 aliphatic heterocycles. The smallest absolute Gasteiger partial charge is 0.399 e. The van der Waals surface area contributed by atoms with Crippen LogP contribution in [0.15, 0.2) is 12.1 Å². The van der Waals surface area contributed by atoms with Gasteiger partial charge in [0.25, 0.3) is 0 Å². The molecule has 0 amide bonds. The zero-order valence-corrected chi connectivity index (χ0v) is 13.3. The highest BCUT2D eigenvalue weighted by molar-refractivity contribution is 7.23. The summed E-state index contributed by atoms with van der Waals surface area (Å²) in [5.41, 5.74) is 8.25. The van der Waals surface area contributed by atoms with Gasteiger partial charge in [-0.2, -0.15) is 0 Å². The maximum atomic E-state index is 6.12. The van der Waals surface area contributed by atoms with E-state index in [-0.39, 0.29) is 18.3 Å². The van der Waals surface area contributed by atoms with Crippen LogP contribution in [0, 0.1) is 6.92 Å². The second-order valence-corrected chi connectivity index (χ2v) is 7.32. The summed E-state index contributed by atoms with van der Waals surface area (Å²) < 4.78 is 13.3. The van der Waals surface area contributed by atoms with Crippen LogP contribution in [-0.2, 0) is 9.31 Å². The van der Waals surface area contributed by atoms with Crippen LogP contribution in [0.5, 0.6) is 0 Å². The van der Waals surface area contributed by atoms with Crippen LogP contribution in [0.1, 0.15) is 33.3 Å². The molecule has 1 saturated heterocycles. The highest BCUT2D eigenvalue weighted by Gasteiger charge is 2.52. The summed E-state index contributed by atoms with van der Waals surface area (Å²) in [7, 11) is -0.372. The summed E-state index contributed by atoms with van der Waals surface area (Å²) in [6.45, 7) is 10.3. The largest absolute Gasteiger partial charge is 0.496 e. The summed E-state index contributed by atoms with van der Waals surface area (Å²) in [6.07, 6.45) is 0. The first-order chi connectivity index (χ1) is 9.21. The number of aromatic nitrogens is 1. The minimum absolute atomic E-state index is 0.342. The van der Waals surface area contributed by atoms with Gasteiger partial charge < -0.3 is 15.0 Å². The van der Waals surface area contributed by atoms with Crippen LogP contribution in [0.2, 0.25) is 0 Å². The molecule has 0 saturated carbocycles. The maximum absolute atomic E-state index is 6.12. The number of fused-ring (bicyclic) bond motifs is 1. The Labute approximate surface area is 123 Å². The van der Waals surface area contributed by atoms with Crippen molar-refractivity contribution in [2.45, 2.75) is 45.8 Å².